The third kappa shape index (κ3) is 3.09. The molecule has 2 nitrogen and oxygen atoms in total. The van der Waals surface area contributed by atoms with Gasteiger partial charge in [-0.2, -0.15) is 0 Å². The summed E-state index contributed by atoms with van der Waals surface area (Å²) >= 11 is 0. The van der Waals surface area contributed by atoms with E-state index in [0.717, 1.165) is 18.5 Å². The van der Waals surface area contributed by atoms with Gasteiger partial charge in [0.05, 0.1) is 0 Å². The van der Waals surface area contributed by atoms with E-state index in [9.17, 15) is 4.79 Å². The van der Waals surface area contributed by atoms with Crippen molar-refractivity contribution in [2.24, 2.45) is 0 Å². The SMILES string of the molecule is CC.CCc1ccc(N2C(=O)CCC2C)cc1. The maximum atomic E-state index is 11.7. The highest BCUT2D eigenvalue weighted by molar-refractivity contribution is 5.96. The zero-order chi connectivity index (χ0) is 12.8. The first-order chi connectivity index (χ1) is 8.22. The average Bonchev–Trinajstić information content (AvgIpc) is 2.72. The Balaban J connectivity index is 0.000000686. The number of aryl methyl sites for hydroxylation is 1. The molecule has 1 aromatic rings. The Morgan fingerprint density at radius 2 is 1.82 bits per heavy atom. The Morgan fingerprint density at radius 3 is 2.24 bits per heavy atom. The third-order valence-corrected chi connectivity index (χ3v) is 3.11. The Labute approximate surface area is 105 Å². The van der Waals surface area contributed by atoms with Crippen molar-refractivity contribution < 1.29 is 4.79 Å². The van der Waals surface area contributed by atoms with Crippen LogP contribution in [-0.2, 0) is 11.2 Å². The van der Waals surface area contributed by atoms with Gasteiger partial charge in [0.2, 0.25) is 5.91 Å². The first kappa shape index (κ1) is 13.8. The highest BCUT2D eigenvalue weighted by Gasteiger charge is 2.28. The molecule has 1 fully saturated rings. The maximum Gasteiger partial charge on any atom is 0.227 e. The molecule has 17 heavy (non-hydrogen) atoms. The van der Waals surface area contributed by atoms with Crippen LogP contribution in [0.3, 0.4) is 0 Å². The lowest BCUT2D eigenvalue weighted by molar-refractivity contribution is -0.117. The number of carbonyl (C=O) groups is 1. The minimum Gasteiger partial charge on any atom is -0.310 e. The lowest BCUT2D eigenvalue weighted by Crippen LogP contribution is -2.30. The predicted molar refractivity (Wildman–Crippen MR) is 73.4 cm³/mol. The summed E-state index contributed by atoms with van der Waals surface area (Å²) in [6.45, 7) is 8.25. The van der Waals surface area contributed by atoms with Crippen molar-refractivity contribution in [1.29, 1.82) is 0 Å². The van der Waals surface area contributed by atoms with Crippen LogP contribution in [0.2, 0.25) is 0 Å². The van der Waals surface area contributed by atoms with Gasteiger partial charge in [0, 0.05) is 18.2 Å². The smallest absolute Gasteiger partial charge is 0.227 e. The van der Waals surface area contributed by atoms with Gasteiger partial charge in [0.1, 0.15) is 0 Å². The maximum absolute atomic E-state index is 11.7. The molecule has 1 atom stereocenters. The van der Waals surface area contributed by atoms with Gasteiger partial charge in [0.25, 0.3) is 0 Å². The van der Waals surface area contributed by atoms with E-state index in [0.29, 0.717) is 12.5 Å². The summed E-state index contributed by atoms with van der Waals surface area (Å²) in [5.74, 6) is 0.256. The van der Waals surface area contributed by atoms with Gasteiger partial charge in [-0.05, 0) is 37.5 Å². The molecule has 2 heteroatoms. The van der Waals surface area contributed by atoms with E-state index in [1.807, 2.05) is 18.7 Å². The fraction of sp³-hybridized carbons (Fsp3) is 0.533. The molecule has 0 N–H and O–H groups in total. The van der Waals surface area contributed by atoms with Crippen molar-refractivity contribution >= 4 is 11.6 Å². The summed E-state index contributed by atoms with van der Waals surface area (Å²) in [6.07, 6.45) is 2.72. The molecular weight excluding hydrogens is 210 g/mol. The molecule has 1 unspecified atom stereocenters. The molecule has 2 rings (SSSR count). The van der Waals surface area contributed by atoms with Crippen LogP contribution in [0.1, 0.15) is 46.1 Å². The van der Waals surface area contributed by atoms with Crippen molar-refractivity contribution in [2.75, 3.05) is 4.90 Å². The van der Waals surface area contributed by atoms with Gasteiger partial charge in [-0.15, -0.1) is 0 Å². The second kappa shape index (κ2) is 6.43. The molecule has 0 saturated carbocycles. The standard InChI is InChI=1S/C13H17NO.C2H6/c1-3-11-5-7-12(8-6-11)14-10(2)4-9-13(14)15;1-2/h5-8,10H,3-4,9H2,1-2H3;1-2H3. The normalized spacial score (nSPS) is 18.9. The Bertz CT molecular complexity index is 356. The number of hydrogen-bond donors (Lipinski definition) is 0. The van der Waals surface area contributed by atoms with Gasteiger partial charge in [0.15, 0.2) is 0 Å². The topological polar surface area (TPSA) is 20.3 Å². The molecule has 0 spiro atoms. The number of rotatable bonds is 2. The Kier molecular flexibility index (Phi) is 5.20. The van der Waals surface area contributed by atoms with E-state index >= 15 is 0 Å². The summed E-state index contributed by atoms with van der Waals surface area (Å²) < 4.78 is 0. The molecule has 0 aromatic heterocycles. The number of carbonyl (C=O) groups excluding carboxylic acids is 1. The third-order valence-electron chi connectivity index (χ3n) is 3.11. The summed E-state index contributed by atoms with van der Waals surface area (Å²) in [7, 11) is 0. The number of nitrogens with zero attached hydrogens (tertiary/aromatic N) is 1. The lowest BCUT2D eigenvalue weighted by atomic mass is 10.1. The fourth-order valence-electron chi connectivity index (χ4n) is 2.12. The monoisotopic (exact) mass is 233 g/mol. The van der Waals surface area contributed by atoms with Crippen LogP contribution >= 0.6 is 0 Å². The van der Waals surface area contributed by atoms with Gasteiger partial charge >= 0.3 is 0 Å². The van der Waals surface area contributed by atoms with Gasteiger partial charge in [-0.25, -0.2) is 0 Å². The number of anilines is 1. The minimum atomic E-state index is 0.256. The summed E-state index contributed by atoms with van der Waals surface area (Å²) in [4.78, 5) is 13.6. The fourth-order valence-corrected chi connectivity index (χ4v) is 2.12. The summed E-state index contributed by atoms with van der Waals surface area (Å²) in [5.41, 5.74) is 2.36. The average molecular weight is 233 g/mol. The van der Waals surface area contributed by atoms with Gasteiger partial charge in [-0.3, -0.25) is 4.79 Å². The van der Waals surface area contributed by atoms with E-state index < -0.39 is 0 Å². The molecule has 0 aliphatic carbocycles. The largest absolute Gasteiger partial charge is 0.310 e. The first-order valence-electron chi connectivity index (χ1n) is 6.63. The molecule has 1 heterocycles. The molecule has 1 aliphatic heterocycles. The van der Waals surface area contributed by atoms with E-state index in [1.54, 1.807) is 0 Å². The van der Waals surface area contributed by atoms with Crippen LogP contribution in [0.4, 0.5) is 5.69 Å². The molecule has 1 saturated heterocycles. The van der Waals surface area contributed by atoms with Crippen molar-refractivity contribution in [2.45, 2.75) is 53.0 Å². The van der Waals surface area contributed by atoms with Crippen molar-refractivity contribution in [1.82, 2.24) is 0 Å². The zero-order valence-electron chi connectivity index (χ0n) is 11.4. The van der Waals surface area contributed by atoms with Crippen molar-refractivity contribution in [3.05, 3.63) is 29.8 Å². The quantitative estimate of drug-likeness (QED) is 0.761. The molecule has 1 amide bonds. The summed E-state index contributed by atoms with van der Waals surface area (Å²) in [5, 5.41) is 0. The predicted octanol–water partition coefficient (Wildman–Crippen LogP) is 3.79. The molecule has 1 aromatic carbocycles. The molecule has 0 radical (unpaired) electrons. The van der Waals surface area contributed by atoms with Crippen molar-refractivity contribution in [3.8, 4) is 0 Å². The molecule has 1 aliphatic rings. The van der Waals surface area contributed by atoms with Gasteiger partial charge in [-0.1, -0.05) is 32.9 Å². The van der Waals surface area contributed by atoms with Crippen LogP contribution < -0.4 is 4.90 Å². The van der Waals surface area contributed by atoms with Gasteiger partial charge < -0.3 is 4.90 Å². The Morgan fingerprint density at radius 1 is 1.24 bits per heavy atom. The molecule has 0 bridgehead atoms. The van der Waals surface area contributed by atoms with E-state index in [4.69, 9.17) is 0 Å². The number of benzene rings is 1. The van der Waals surface area contributed by atoms with Crippen LogP contribution in [0.5, 0.6) is 0 Å². The van der Waals surface area contributed by atoms with E-state index in [1.165, 1.54) is 5.56 Å². The first-order valence-corrected chi connectivity index (χ1v) is 6.63. The summed E-state index contributed by atoms with van der Waals surface area (Å²) in [6, 6.07) is 8.67. The Hall–Kier alpha value is -1.31. The van der Waals surface area contributed by atoms with E-state index in [-0.39, 0.29) is 5.91 Å². The van der Waals surface area contributed by atoms with Crippen LogP contribution in [0.15, 0.2) is 24.3 Å². The zero-order valence-corrected chi connectivity index (χ0v) is 11.4. The van der Waals surface area contributed by atoms with E-state index in [2.05, 4.69) is 38.1 Å². The molecule has 94 valence electrons. The molecular formula is C15H23NO. The number of hydrogen-bond acceptors (Lipinski definition) is 1. The van der Waals surface area contributed by atoms with Crippen LogP contribution in [-0.4, -0.2) is 11.9 Å². The highest BCUT2D eigenvalue weighted by atomic mass is 16.2. The van der Waals surface area contributed by atoms with Crippen LogP contribution in [0, 0.1) is 0 Å². The number of amides is 1. The van der Waals surface area contributed by atoms with Crippen molar-refractivity contribution in [3.63, 3.8) is 0 Å². The lowest BCUT2D eigenvalue weighted by Gasteiger charge is -2.21. The highest BCUT2D eigenvalue weighted by Crippen LogP contribution is 2.26. The second-order valence-electron chi connectivity index (χ2n) is 4.17. The minimum absolute atomic E-state index is 0.256. The van der Waals surface area contributed by atoms with Crippen LogP contribution in [0.25, 0.3) is 0 Å². The second-order valence-corrected chi connectivity index (χ2v) is 4.17.